The average molecular weight is 459 g/mol. The summed E-state index contributed by atoms with van der Waals surface area (Å²) in [6.07, 6.45) is 0. The molecule has 0 nitrogen and oxygen atoms in total. The second-order valence-electron chi connectivity index (χ2n) is 8.66. The summed E-state index contributed by atoms with van der Waals surface area (Å²) in [5, 5.41) is 0.760. The highest BCUT2D eigenvalue weighted by Gasteiger charge is 2.50. The molecule has 0 radical (unpaired) electrons. The zero-order valence-electron chi connectivity index (χ0n) is 17.8. The van der Waals surface area contributed by atoms with Crippen molar-refractivity contribution < 1.29 is 0 Å². The first kappa shape index (κ1) is 19.2. The molecule has 7 rings (SSSR count). The van der Waals surface area contributed by atoms with Crippen LogP contribution in [-0.2, 0) is 5.41 Å². The molecule has 1 aliphatic heterocycles. The maximum Gasteiger partial charge on any atom is 0.0735 e. The number of hydrogen-bond donors (Lipinski definition) is 0. The lowest BCUT2D eigenvalue weighted by Gasteiger charge is -2.40. The number of hydrogen-bond acceptors (Lipinski definition) is 1. The molecular formula is C31H19ClS. The van der Waals surface area contributed by atoms with E-state index < -0.39 is 0 Å². The summed E-state index contributed by atoms with van der Waals surface area (Å²) in [5.41, 5.74) is 10.2. The lowest BCUT2D eigenvalue weighted by molar-refractivity contribution is 0.723. The van der Waals surface area contributed by atoms with E-state index in [0.29, 0.717) is 0 Å². The van der Waals surface area contributed by atoms with Crippen LogP contribution in [0, 0.1) is 0 Å². The van der Waals surface area contributed by atoms with Crippen molar-refractivity contribution in [3.8, 4) is 22.3 Å². The Morgan fingerprint density at radius 2 is 1.03 bits per heavy atom. The maximum absolute atomic E-state index is 6.18. The fraction of sp³-hybridized carbons (Fsp3) is 0.0323. The van der Waals surface area contributed by atoms with Crippen molar-refractivity contribution in [2.45, 2.75) is 15.2 Å². The normalized spacial score (nSPS) is 14.3. The van der Waals surface area contributed by atoms with Gasteiger partial charge in [-0.3, -0.25) is 0 Å². The Hall–Kier alpha value is -3.26. The molecular weight excluding hydrogens is 440 g/mol. The fourth-order valence-corrected chi connectivity index (χ4v) is 6.98. The molecule has 1 heterocycles. The lowest BCUT2D eigenvalue weighted by atomic mass is 9.67. The van der Waals surface area contributed by atoms with Crippen LogP contribution in [0.5, 0.6) is 0 Å². The van der Waals surface area contributed by atoms with Crippen LogP contribution in [0.4, 0.5) is 0 Å². The molecule has 5 aromatic carbocycles. The Balaban J connectivity index is 1.61. The van der Waals surface area contributed by atoms with E-state index in [-0.39, 0.29) is 5.41 Å². The Kier molecular flexibility index (Phi) is 4.15. The molecule has 2 aliphatic rings. The Bertz CT molecular complexity index is 1500. The molecule has 1 spiro atoms. The minimum Gasteiger partial charge on any atom is -0.0894 e. The van der Waals surface area contributed by atoms with Gasteiger partial charge in [-0.25, -0.2) is 0 Å². The summed E-state index contributed by atoms with van der Waals surface area (Å²) >= 11 is 8.06. The van der Waals surface area contributed by atoms with Gasteiger partial charge >= 0.3 is 0 Å². The molecule has 0 saturated heterocycles. The number of benzene rings is 5. The molecule has 156 valence electrons. The lowest BCUT2D eigenvalue weighted by Crippen LogP contribution is -2.32. The van der Waals surface area contributed by atoms with Gasteiger partial charge in [-0.05, 0) is 74.8 Å². The first-order valence-corrected chi connectivity index (χ1v) is 12.3. The molecule has 0 fully saturated rings. The predicted molar refractivity (Wildman–Crippen MR) is 138 cm³/mol. The molecule has 1 aliphatic carbocycles. The molecule has 0 amide bonds. The third-order valence-corrected chi connectivity index (χ3v) is 8.43. The molecule has 0 aromatic heterocycles. The summed E-state index contributed by atoms with van der Waals surface area (Å²) < 4.78 is 0. The largest absolute Gasteiger partial charge is 0.0894 e. The van der Waals surface area contributed by atoms with E-state index in [1.165, 1.54) is 54.3 Å². The van der Waals surface area contributed by atoms with Crippen LogP contribution in [0.1, 0.15) is 22.3 Å². The van der Waals surface area contributed by atoms with Crippen molar-refractivity contribution in [2.24, 2.45) is 0 Å². The highest BCUT2D eigenvalue weighted by atomic mass is 35.5. The van der Waals surface area contributed by atoms with Crippen LogP contribution in [0.2, 0.25) is 5.02 Å². The Labute approximate surface area is 202 Å². The minimum atomic E-state index is -0.327. The summed E-state index contributed by atoms with van der Waals surface area (Å²) in [6.45, 7) is 0. The van der Waals surface area contributed by atoms with Crippen LogP contribution in [0.25, 0.3) is 22.3 Å². The van der Waals surface area contributed by atoms with Crippen molar-refractivity contribution in [1.29, 1.82) is 0 Å². The van der Waals surface area contributed by atoms with Crippen LogP contribution in [0.3, 0.4) is 0 Å². The minimum absolute atomic E-state index is 0.327. The molecule has 0 unspecified atom stereocenters. The zero-order valence-corrected chi connectivity index (χ0v) is 19.3. The van der Waals surface area contributed by atoms with Gasteiger partial charge in [-0.15, -0.1) is 0 Å². The first-order chi connectivity index (χ1) is 16.3. The van der Waals surface area contributed by atoms with E-state index >= 15 is 0 Å². The van der Waals surface area contributed by atoms with Gasteiger partial charge in [0.1, 0.15) is 0 Å². The topological polar surface area (TPSA) is 0 Å². The average Bonchev–Trinajstić information content (AvgIpc) is 3.16. The second kappa shape index (κ2) is 7.12. The third kappa shape index (κ3) is 2.61. The maximum atomic E-state index is 6.18. The first-order valence-electron chi connectivity index (χ1n) is 11.1. The van der Waals surface area contributed by atoms with Crippen molar-refractivity contribution in [3.63, 3.8) is 0 Å². The van der Waals surface area contributed by atoms with Gasteiger partial charge in [0.2, 0.25) is 0 Å². The van der Waals surface area contributed by atoms with Crippen molar-refractivity contribution in [1.82, 2.24) is 0 Å². The van der Waals surface area contributed by atoms with Gasteiger partial charge in [0, 0.05) is 14.8 Å². The molecule has 33 heavy (non-hydrogen) atoms. The van der Waals surface area contributed by atoms with Crippen LogP contribution in [0.15, 0.2) is 125 Å². The molecule has 2 heteroatoms. The van der Waals surface area contributed by atoms with Crippen molar-refractivity contribution in [3.05, 3.63) is 143 Å². The molecule has 0 atom stereocenters. The zero-order chi connectivity index (χ0) is 22.0. The number of halogens is 1. The van der Waals surface area contributed by atoms with Crippen LogP contribution < -0.4 is 0 Å². The van der Waals surface area contributed by atoms with E-state index in [9.17, 15) is 0 Å². The quantitative estimate of drug-likeness (QED) is 0.237. The molecule has 0 N–H and O–H groups in total. The standard InChI is InChI=1S/C31H19ClS/c32-22-16-13-20(14-17-22)21-15-18-30-28(19-21)31(27-11-5-6-12-29(27)33-30)25-9-3-1-7-23(25)24-8-2-4-10-26(24)31/h1-19H. The van der Waals surface area contributed by atoms with E-state index in [1.807, 2.05) is 23.9 Å². The summed E-state index contributed by atoms with van der Waals surface area (Å²) in [5.74, 6) is 0. The number of rotatable bonds is 1. The van der Waals surface area contributed by atoms with Gasteiger partial charge in [0.05, 0.1) is 5.41 Å². The Morgan fingerprint density at radius 1 is 0.485 bits per heavy atom. The van der Waals surface area contributed by atoms with E-state index in [2.05, 4.69) is 103 Å². The van der Waals surface area contributed by atoms with Gasteiger partial charge < -0.3 is 0 Å². The van der Waals surface area contributed by atoms with E-state index in [1.54, 1.807) is 0 Å². The Morgan fingerprint density at radius 3 is 1.73 bits per heavy atom. The molecule has 0 saturated carbocycles. The monoisotopic (exact) mass is 458 g/mol. The third-order valence-electron chi connectivity index (χ3n) is 7.02. The summed E-state index contributed by atoms with van der Waals surface area (Å²) in [7, 11) is 0. The predicted octanol–water partition coefficient (Wildman–Crippen LogP) is 8.83. The van der Waals surface area contributed by atoms with Gasteiger partial charge in [-0.1, -0.05) is 108 Å². The van der Waals surface area contributed by atoms with Gasteiger partial charge in [-0.2, -0.15) is 0 Å². The number of fused-ring (bicyclic) bond motifs is 9. The SMILES string of the molecule is Clc1ccc(-c2ccc3c(c2)C2(c4ccccc4S3)c3ccccc3-c3ccccc32)cc1. The smallest absolute Gasteiger partial charge is 0.0735 e. The molecule has 5 aromatic rings. The van der Waals surface area contributed by atoms with E-state index in [0.717, 1.165) is 5.02 Å². The highest BCUT2D eigenvalue weighted by molar-refractivity contribution is 7.99. The highest BCUT2D eigenvalue weighted by Crippen LogP contribution is 2.62. The second-order valence-corrected chi connectivity index (χ2v) is 10.2. The van der Waals surface area contributed by atoms with E-state index in [4.69, 9.17) is 11.6 Å². The van der Waals surface area contributed by atoms with Crippen LogP contribution in [-0.4, -0.2) is 0 Å². The van der Waals surface area contributed by atoms with Crippen molar-refractivity contribution >= 4 is 23.4 Å². The van der Waals surface area contributed by atoms with Gasteiger partial charge in [0.25, 0.3) is 0 Å². The van der Waals surface area contributed by atoms with Crippen molar-refractivity contribution in [2.75, 3.05) is 0 Å². The summed E-state index contributed by atoms with van der Waals surface area (Å²) in [6, 6.07) is 41.9. The molecule has 0 bridgehead atoms. The fourth-order valence-electron chi connectivity index (χ4n) is 5.68. The van der Waals surface area contributed by atoms with Gasteiger partial charge in [0.15, 0.2) is 0 Å². The van der Waals surface area contributed by atoms with Crippen LogP contribution >= 0.6 is 23.4 Å². The summed E-state index contributed by atoms with van der Waals surface area (Å²) in [4.78, 5) is 2.65.